The fraction of sp³-hybridized carbons (Fsp3) is 0.321. The molecule has 208 valence electrons. The number of methoxy groups -OCH3 is 4. The molecule has 3 aromatic rings. The molecule has 0 bridgehead atoms. The zero-order valence-corrected chi connectivity index (χ0v) is 22.7. The third kappa shape index (κ3) is 6.25. The first-order valence-corrected chi connectivity index (χ1v) is 12.4. The summed E-state index contributed by atoms with van der Waals surface area (Å²) in [5, 5.41) is 3.63. The minimum atomic E-state index is -4.48. The van der Waals surface area contributed by atoms with E-state index in [1.54, 1.807) is 46.6 Å². The lowest BCUT2D eigenvalue weighted by molar-refractivity contribution is -0.137. The number of nitrogens with zero attached hydrogens (tertiary/aromatic N) is 1. The van der Waals surface area contributed by atoms with Crippen molar-refractivity contribution in [2.45, 2.75) is 18.6 Å². The first-order chi connectivity index (χ1) is 18.7. The van der Waals surface area contributed by atoms with Crippen LogP contribution in [0.4, 0.5) is 18.9 Å². The van der Waals surface area contributed by atoms with E-state index in [0.717, 1.165) is 23.3 Å². The van der Waals surface area contributed by atoms with E-state index in [9.17, 15) is 13.2 Å². The number of nitrogens with one attached hydrogen (secondary N) is 1. The molecule has 1 heterocycles. The number of halogens is 3. The number of alkyl halides is 3. The third-order valence-corrected chi connectivity index (χ3v) is 6.82. The molecule has 0 radical (unpaired) electrons. The van der Waals surface area contributed by atoms with Crippen molar-refractivity contribution in [2.75, 3.05) is 46.9 Å². The van der Waals surface area contributed by atoms with Crippen LogP contribution in [0.25, 0.3) is 0 Å². The molecule has 4 rings (SSSR count). The SMILES string of the molecule is COc1ccc(OC)c(NC(=S)N2CCc3cc(OC)c(OC)cc3C2COc2cccc(C(F)(F)F)c2)c1. The van der Waals surface area contributed by atoms with Gasteiger partial charge < -0.3 is 33.9 Å². The van der Waals surface area contributed by atoms with Crippen molar-refractivity contribution in [1.82, 2.24) is 4.90 Å². The van der Waals surface area contributed by atoms with Crippen LogP contribution in [0.15, 0.2) is 54.6 Å². The topological polar surface area (TPSA) is 61.4 Å². The van der Waals surface area contributed by atoms with Gasteiger partial charge in [0.25, 0.3) is 0 Å². The van der Waals surface area contributed by atoms with Crippen molar-refractivity contribution < 1.29 is 36.9 Å². The molecule has 1 N–H and O–H groups in total. The van der Waals surface area contributed by atoms with Gasteiger partial charge in [0.2, 0.25) is 0 Å². The number of hydrogen-bond acceptors (Lipinski definition) is 6. The maximum atomic E-state index is 13.3. The summed E-state index contributed by atoms with van der Waals surface area (Å²) in [6, 6.07) is 13.4. The van der Waals surface area contributed by atoms with E-state index in [2.05, 4.69) is 5.32 Å². The van der Waals surface area contributed by atoms with Crippen LogP contribution < -0.4 is 29.0 Å². The van der Waals surface area contributed by atoms with Gasteiger partial charge in [0.15, 0.2) is 16.6 Å². The smallest absolute Gasteiger partial charge is 0.416 e. The van der Waals surface area contributed by atoms with Crippen molar-refractivity contribution in [3.63, 3.8) is 0 Å². The maximum Gasteiger partial charge on any atom is 0.416 e. The standard InChI is InChI=1S/C28H29F3N2O5S/c1-34-19-8-9-24(35-2)22(14-19)32-27(39)33-11-10-17-12-25(36-3)26(37-4)15-21(17)23(33)16-38-20-7-5-6-18(13-20)28(29,30)31/h5-9,12-15,23H,10-11,16H2,1-4H3,(H,32,39). The highest BCUT2D eigenvalue weighted by atomic mass is 32.1. The van der Waals surface area contributed by atoms with Gasteiger partial charge in [-0.05, 0) is 72.2 Å². The highest BCUT2D eigenvalue weighted by Gasteiger charge is 2.33. The van der Waals surface area contributed by atoms with Crippen molar-refractivity contribution >= 4 is 23.0 Å². The molecule has 1 atom stereocenters. The molecular weight excluding hydrogens is 533 g/mol. The molecule has 39 heavy (non-hydrogen) atoms. The molecule has 1 aliphatic rings. The molecule has 0 amide bonds. The summed E-state index contributed by atoms with van der Waals surface area (Å²) in [5.74, 6) is 2.40. The molecule has 0 aliphatic carbocycles. The fourth-order valence-corrected chi connectivity index (χ4v) is 4.82. The molecule has 0 saturated heterocycles. The predicted molar refractivity (Wildman–Crippen MR) is 145 cm³/mol. The summed E-state index contributed by atoms with van der Waals surface area (Å²) in [5.41, 5.74) is 1.70. The first kappa shape index (κ1) is 28.2. The minimum Gasteiger partial charge on any atom is -0.497 e. The lowest BCUT2D eigenvalue weighted by Gasteiger charge is -2.39. The van der Waals surface area contributed by atoms with Crippen molar-refractivity contribution in [2.24, 2.45) is 0 Å². The average Bonchev–Trinajstić information content (AvgIpc) is 2.94. The number of hydrogen-bond donors (Lipinski definition) is 1. The summed E-state index contributed by atoms with van der Waals surface area (Å²) in [6.07, 6.45) is -3.83. The van der Waals surface area contributed by atoms with E-state index < -0.39 is 17.8 Å². The lowest BCUT2D eigenvalue weighted by atomic mass is 9.92. The van der Waals surface area contributed by atoms with Crippen LogP contribution in [0.1, 0.15) is 22.7 Å². The lowest BCUT2D eigenvalue weighted by Crippen LogP contribution is -2.44. The predicted octanol–water partition coefficient (Wildman–Crippen LogP) is 6.12. The normalized spacial score (nSPS) is 14.7. The van der Waals surface area contributed by atoms with Crippen molar-refractivity contribution in [3.8, 4) is 28.7 Å². The Morgan fingerprint density at radius 2 is 1.62 bits per heavy atom. The van der Waals surface area contributed by atoms with E-state index in [4.69, 9.17) is 35.9 Å². The second-order valence-corrected chi connectivity index (χ2v) is 9.08. The summed E-state index contributed by atoms with van der Waals surface area (Å²) >= 11 is 5.82. The summed E-state index contributed by atoms with van der Waals surface area (Å²) in [6.45, 7) is 0.554. The van der Waals surface area contributed by atoms with Gasteiger partial charge in [-0.2, -0.15) is 13.2 Å². The van der Waals surface area contributed by atoms with E-state index in [-0.39, 0.29) is 12.4 Å². The third-order valence-electron chi connectivity index (χ3n) is 6.48. The van der Waals surface area contributed by atoms with Crippen LogP contribution in [-0.4, -0.2) is 51.6 Å². The maximum absolute atomic E-state index is 13.3. The molecule has 7 nitrogen and oxygen atoms in total. The fourth-order valence-electron chi connectivity index (χ4n) is 4.49. The number of ether oxygens (including phenoxy) is 5. The average molecular weight is 563 g/mol. The Hall–Kier alpha value is -3.86. The molecule has 3 aromatic carbocycles. The van der Waals surface area contributed by atoms with Crippen LogP contribution >= 0.6 is 12.2 Å². The highest BCUT2D eigenvalue weighted by molar-refractivity contribution is 7.80. The monoisotopic (exact) mass is 562 g/mol. The zero-order valence-electron chi connectivity index (χ0n) is 21.9. The van der Waals surface area contributed by atoms with Gasteiger partial charge in [-0.25, -0.2) is 0 Å². The van der Waals surface area contributed by atoms with E-state index in [1.165, 1.54) is 12.1 Å². The van der Waals surface area contributed by atoms with Gasteiger partial charge in [0.05, 0.1) is 45.7 Å². The van der Waals surface area contributed by atoms with E-state index in [0.29, 0.717) is 46.8 Å². The molecule has 0 spiro atoms. The number of benzene rings is 3. The Kier molecular flexibility index (Phi) is 8.59. The molecule has 1 aliphatic heterocycles. The second kappa shape index (κ2) is 11.9. The zero-order chi connectivity index (χ0) is 28.2. The molecule has 0 saturated carbocycles. The van der Waals surface area contributed by atoms with Crippen molar-refractivity contribution in [3.05, 3.63) is 71.3 Å². The van der Waals surface area contributed by atoms with Gasteiger partial charge in [-0.1, -0.05) is 6.07 Å². The molecular formula is C28H29F3N2O5S. The van der Waals surface area contributed by atoms with Crippen LogP contribution in [0.5, 0.6) is 28.7 Å². The highest BCUT2D eigenvalue weighted by Crippen LogP contribution is 2.39. The number of rotatable bonds is 8. The summed E-state index contributed by atoms with van der Waals surface area (Å²) < 4.78 is 67.6. The summed E-state index contributed by atoms with van der Waals surface area (Å²) in [7, 11) is 6.22. The Morgan fingerprint density at radius 3 is 2.28 bits per heavy atom. The summed E-state index contributed by atoms with van der Waals surface area (Å²) in [4.78, 5) is 1.94. The molecule has 0 aromatic heterocycles. The minimum absolute atomic E-state index is 0.0286. The van der Waals surface area contributed by atoms with Gasteiger partial charge in [0, 0.05) is 12.6 Å². The van der Waals surface area contributed by atoms with Crippen LogP contribution in [0.2, 0.25) is 0 Å². The quantitative estimate of drug-likeness (QED) is 0.330. The Morgan fingerprint density at radius 1 is 0.897 bits per heavy atom. The van der Waals surface area contributed by atoms with Crippen LogP contribution in [0, 0.1) is 0 Å². The number of fused-ring (bicyclic) bond motifs is 1. The van der Waals surface area contributed by atoms with Gasteiger partial charge >= 0.3 is 6.18 Å². The van der Waals surface area contributed by atoms with E-state index in [1.807, 2.05) is 17.0 Å². The van der Waals surface area contributed by atoms with Gasteiger partial charge in [0.1, 0.15) is 23.9 Å². The van der Waals surface area contributed by atoms with Crippen LogP contribution in [0.3, 0.4) is 0 Å². The molecule has 11 heteroatoms. The van der Waals surface area contributed by atoms with Crippen molar-refractivity contribution in [1.29, 1.82) is 0 Å². The number of thiocarbonyl (C=S) groups is 1. The first-order valence-electron chi connectivity index (χ1n) is 12.0. The second-order valence-electron chi connectivity index (χ2n) is 8.70. The van der Waals surface area contributed by atoms with Gasteiger partial charge in [-0.3, -0.25) is 0 Å². The van der Waals surface area contributed by atoms with Crippen LogP contribution in [-0.2, 0) is 12.6 Å². The Labute approximate surface area is 230 Å². The molecule has 0 fully saturated rings. The number of anilines is 1. The Balaban J connectivity index is 1.68. The Bertz CT molecular complexity index is 1340. The van der Waals surface area contributed by atoms with Gasteiger partial charge in [-0.15, -0.1) is 0 Å². The van der Waals surface area contributed by atoms with E-state index >= 15 is 0 Å². The molecule has 1 unspecified atom stereocenters. The largest absolute Gasteiger partial charge is 0.497 e.